The van der Waals surface area contributed by atoms with Crippen LogP contribution in [0.1, 0.15) is 51.3 Å². The first-order valence-corrected chi connectivity index (χ1v) is 9.06. The predicted molar refractivity (Wildman–Crippen MR) is 108 cm³/mol. The van der Waals surface area contributed by atoms with Crippen LogP contribution < -0.4 is 4.90 Å². The van der Waals surface area contributed by atoms with Crippen molar-refractivity contribution in [2.75, 3.05) is 19.0 Å². The van der Waals surface area contributed by atoms with E-state index in [4.69, 9.17) is 0 Å². The molecule has 2 aromatic carbocycles. The molecule has 28 heavy (non-hydrogen) atoms. The molecule has 0 radical (unpaired) electrons. The number of benzene rings is 2. The van der Waals surface area contributed by atoms with Crippen LogP contribution in [0.4, 0.5) is 5.69 Å². The SMILES string of the molecule is CN(C)c1ccc(C(=O)CC2=C(C(C)(C)O)C(=O)c3ccccc3C2=O)cc1. The van der Waals surface area contributed by atoms with E-state index in [9.17, 15) is 19.5 Å². The third kappa shape index (κ3) is 3.53. The van der Waals surface area contributed by atoms with E-state index < -0.39 is 11.4 Å². The molecule has 0 fully saturated rings. The fraction of sp³-hybridized carbons (Fsp3) is 0.261. The average Bonchev–Trinajstić information content (AvgIpc) is 2.65. The Morgan fingerprint density at radius 1 is 0.929 bits per heavy atom. The van der Waals surface area contributed by atoms with Crippen LogP contribution in [0.2, 0.25) is 0 Å². The van der Waals surface area contributed by atoms with Crippen molar-refractivity contribution < 1.29 is 19.5 Å². The van der Waals surface area contributed by atoms with Gasteiger partial charge < -0.3 is 10.0 Å². The van der Waals surface area contributed by atoms with Crippen molar-refractivity contribution >= 4 is 23.0 Å². The molecule has 0 bridgehead atoms. The van der Waals surface area contributed by atoms with E-state index in [1.54, 1.807) is 36.4 Å². The number of aliphatic hydroxyl groups is 1. The van der Waals surface area contributed by atoms with Crippen LogP contribution in [0, 0.1) is 0 Å². The first-order chi connectivity index (χ1) is 13.1. The number of fused-ring (bicyclic) bond motifs is 1. The molecule has 0 heterocycles. The minimum Gasteiger partial charge on any atom is -0.386 e. The Labute approximate surface area is 164 Å². The van der Waals surface area contributed by atoms with Crippen LogP contribution in [0.25, 0.3) is 0 Å². The predicted octanol–water partition coefficient (Wildman–Crippen LogP) is 3.47. The molecule has 3 rings (SSSR count). The fourth-order valence-corrected chi connectivity index (χ4v) is 3.45. The maximum absolute atomic E-state index is 13.0. The van der Waals surface area contributed by atoms with Crippen molar-refractivity contribution in [2.24, 2.45) is 0 Å². The second-order valence-corrected chi connectivity index (χ2v) is 7.66. The van der Waals surface area contributed by atoms with E-state index in [-0.39, 0.29) is 40.3 Å². The Balaban J connectivity index is 2.03. The van der Waals surface area contributed by atoms with E-state index in [0.717, 1.165) is 5.69 Å². The zero-order valence-corrected chi connectivity index (χ0v) is 16.4. The molecule has 2 aromatic rings. The van der Waals surface area contributed by atoms with Crippen LogP contribution in [-0.2, 0) is 0 Å². The van der Waals surface area contributed by atoms with Gasteiger partial charge in [-0.3, -0.25) is 14.4 Å². The minimum absolute atomic E-state index is 0.00513. The normalized spacial score (nSPS) is 14.2. The number of rotatable bonds is 5. The van der Waals surface area contributed by atoms with E-state index in [1.807, 2.05) is 31.1 Å². The molecule has 5 heteroatoms. The van der Waals surface area contributed by atoms with Crippen molar-refractivity contribution in [1.82, 2.24) is 0 Å². The maximum Gasteiger partial charge on any atom is 0.193 e. The summed E-state index contributed by atoms with van der Waals surface area (Å²) >= 11 is 0. The van der Waals surface area contributed by atoms with Gasteiger partial charge in [0.15, 0.2) is 17.3 Å². The Hall–Kier alpha value is -3.05. The highest BCUT2D eigenvalue weighted by molar-refractivity contribution is 6.28. The van der Waals surface area contributed by atoms with Crippen molar-refractivity contribution in [1.29, 1.82) is 0 Å². The molecular formula is C23H23NO4. The summed E-state index contributed by atoms with van der Waals surface area (Å²) in [5.41, 5.74) is 0.456. The van der Waals surface area contributed by atoms with Crippen molar-refractivity contribution in [3.63, 3.8) is 0 Å². The highest BCUT2D eigenvalue weighted by Crippen LogP contribution is 2.34. The maximum atomic E-state index is 13.0. The van der Waals surface area contributed by atoms with E-state index in [1.165, 1.54) is 13.8 Å². The molecule has 0 aromatic heterocycles. The highest BCUT2D eigenvalue weighted by Gasteiger charge is 2.39. The molecule has 5 nitrogen and oxygen atoms in total. The molecule has 1 N–H and O–H groups in total. The number of hydrogen-bond donors (Lipinski definition) is 1. The molecule has 1 aliphatic carbocycles. The summed E-state index contributed by atoms with van der Waals surface area (Å²) in [5, 5.41) is 10.6. The summed E-state index contributed by atoms with van der Waals surface area (Å²) in [4.78, 5) is 40.8. The highest BCUT2D eigenvalue weighted by atomic mass is 16.3. The number of anilines is 1. The monoisotopic (exact) mass is 377 g/mol. The molecule has 0 atom stereocenters. The molecule has 0 unspecified atom stereocenters. The first-order valence-electron chi connectivity index (χ1n) is 9.06. The second-order valence-electron chi connectivity index (χ2n) is 7.66. The lowest BCUT2D eigenvalue weighted by atomic mass is 9.76. The Kier molecular flexibility index (Phi) is 5.04. The van der Waals surface area contributed by atoms with Gasteiger partial charge >= 0.3 is 0 Å². The number of allylic oxidation sites excluding steroid dienone is 1. The molecule has 0 spiro atoms. The third-order valence-electron chi connectivity index (χ3n) is 4.87. The van der Waals surface area contributed by atoms with Gasteiger partial charge in [0.1, 0.15) is 0 Å². The smallest absolute Gasteiger partial charge is 0.193 e. The summed E-state index contributed by atoms with van der Waals surface area (Å²) < 4.78 is 0. The van der Waals surface area contributed by atoms with Gasteiger partial charge in [-0.1, -0.05) is 24.3 Å². The van der Waals surface area contributed by atoms with Gasteiger partial charge in [-0.15, -0.1) is 0 Å². The molecule has 0 saturated heterocycles. The Bertz CT molecular complexity index is 992. The number of Topliss-reactive ketones (excluding diaryl/α,β-unsaturated/α-hetero) is 3. The molecule has 144 valence electrons. The van der Waals surface area contributed by atoms with Crippen molar-refractivity contribution in [3.05, 3.63) is 76.4 Å². The number of nitrogens with zero attached hydrogens (tertiary/aromatic N) is 1. The number of hydrogen-bond acceptors (Lipinski definition) is 5. The molecule has 0 aliphatic heterocycles. The van der Waals surface area contributed by atoms with Gasteiger partial charge in [0.05, 0.1) is 5.60 Å². The summed E-state index contributed by atoms with van der Waals surface area (Å²) in [5.74, 6) is -1.07. The molecule has 0 amide bonds. The van der Waals surface area contributed by atoms with Crippen LogP contribution in [-0.4, -0.2) is 42.2 Å². The molecule has 1 aliphatic rings. The number of carbonyl (C=O) groups is 3. The van der Waals surface area contributed by atoms with Gasteiger partial charge in [0.2, 0.25) is 0 Å². The summed E-state index contributed by atoms with van der Waals surface area (Å²) in [6, 6.07) is 13.5. The van der Waals surface area contributed by atoms with Crippen LogP contribution in [0.15, 0.2) is 59.7 Å². The zero-order chi connectivity index (χ0) is 20.6. The van der Waals surface area contributed by atoms with Crippen LogP contribution in [0.3, 0.4) is 0 Å². The van der Waals surface area contributed by atoms with Gasteiger partial charge in [-0.25, -0.2) is 0 Å². The summed E-state index contributed by atoms with van der Waals surface area (Å²) in [6.07, 6.45) is -0.237. The average molecular weight is 377 g/mol. The zero-order valence-electron chi connectivity index (χ0n) is 16.4. The Morgan fingerprint density at radius 3 is 1.96 bits per heavy atom. The lowest BCUT2D eigenvalue weighted by Crippen LogP contribution is -2.35. The second kappa shape index (κ2) is 7.17. The van der Waals surface area contributed by atoms with Crippen LogP contribution in [0.5, 0.6) is 0 Å². The van der Waals surface area contributed by atoms with Gasteiger partial charge in [0, 0.05) is 54.0 Å². The molecular weight excluding hydrogens is 354 g/mol. The van der Waals surface area contributed by atoms with Gasteiger partial charge in [-0.2, -0.15) is 0 Å². The quantitative estimate of drug-likeness (QED) is 0.808. The largest absolute Gasteiger partial charge is 0.386 e. The van der Waals surface area contributed by atoms with Crippen molar-refractivity contribution in [2.45, 2.75) is 25.9 Å². The Morgan fingerprint density at radius 2 is 1.46 bits per heavy atom. The minimum atomic E-state index is -1.54. The van der Waals surface area contributed by atoms with Crippen LogP contribution >= 0.6 is 0 Å². The fourth-order valence-electron chi connectivity index (χ4n) is 3.45. The van der Waals surface area contributed by atoms with E-state index in [0.29, 0.717) is 5.56 Å². The number of ketones is 3. The molecule has 0 saturated carbocycles. The van der Waals surface area contributed by atoms with Gasteiger partial charge in [0.25, 0.3) is 0 Å². The van der Waals surface area contributed by atoms with E-state index in [2.05, 4.69) is 0 Å². The summed E-state index contributed by atoms with van der Waals surface area (Å²) in [6.45, 7) is 2.91. The number of carbonyl (C=O) groups excluding carboxylic acids is 3. The third-order valence-corrected chi connectivity index (χ3v) is 4.87. The van der Waals surface area contributed by atoms with Gasteiger partial charge in [-0.05, 0) is 38.1 Å². The first kappa shape index (κ1) is 19.7. The summed E-state index contributed by atoms with van der Waals surface area (Å²) in [7, 11) is 3.81. The van der Waals surface area contributed by atoms with Crippen molar-refractivity contribution in [3.8, 4) is 0 Å². The lowest BCUT2D eigenvalue weighted by Gasteiger charge is -2.28. The lowest BCUT2D eigenvalue weighted by molar-refractivity contribution is 0.0819. The van der Waals surface area contributed by atoms with E-state index >= 15 is 0 Å². The topological polar surface area (TPSA) is 74.7 Å². The standard InChI is InChI=1S/C23H23NO4/c1-23(2,28)20-18(21(26)16-7-5-6-8-17(16)22(20)27)13-19(25)14-9-11-15(12-10-14)24(3)4/h5-12,28H,13H2,1-4H3.